The number of likely N-dealkylation sites (N-methyl/N-ethyl adjacent to an activating group) is 1. The van der Waals surface area contributed by atoms with Gasteiger partial charge in [0.05, 0.1) is 34.4 Å². The fraction of sp³-hybridized carbons (Fsp3) is 0.795. The predicted molar refractivity (Wildman–Crippen MR) is 222 cm³/mol. The average Bonchev–Trinajstić information content (AvgIpc) is 3.11. The Balaban J connectivity index is 4.28. The summed E-state index contributed by atoms with van der Waals surface area (Å²) < 4.78 is 34.5. The van der Waals surface area contributed by atoms with Gasteiger partial charge in [-0.15, -0.1) is 0 Å². The molecule has 0 saturated heterocycles. The maximum atomic E-state index is 12.6. The number of phosphoric ester groups is 1. The minimum atomic E-state index is -4.53. The summed E-state index contributed by atoms with van der Waals surface area (Å²) in [7, 11) is 1.34. The van der Waals surface area contributed by atoms with Crippen LogP contribution in [0.5, 0.6) is 0 Å². The lowest BCUT2D eigenvalue weighted by Gasteiger charge is -2.28. The molecule has 9 heteroatoms. The molecule has 0 bridgehead atoms. The molecule has 2 atom stereocenters. The highest BCUT2D eigenvalue weighted by Crippen LogP contribution is 2.38. The van der Waals surface area contributed by atoms with Crippen LogP contribution >= 0.6 is 7.82 Å². The molecule has 0 radical (unpaired) electrons. The molecule has 0 aromatic heterocycles. The van der Waals surface area contributed by atoms with Crippen LogP contribution in [0, 0.1) is 0 Å². The lowest BCUT2D eigenvalue weighted by atomic mass is 10.0. The number of esters is 1. The van der Waals surface area contributed by atoms with Gasteiger partial charge in [0.2, 0.25) is 0 Å². The Morgan fingerprint density at radius 2 is 1.09 bits per heavy atom. The molecule has 0 aliphatic heterocycles. The van der Waals surface area contributed by atoms with E-state index in [1.807, 2.05) is 21.1 Å². The van der Waals surface area contributed by atoms with Gasteiger partial charge in [0, 0.05) is 13.0 Å². The quantitative estimate of drug-likeness (QED) is 0.0202. The summed E-state index contributed by atoms with van der Waals surface area (Å²) in [4.78, 5) is 25.0. The summed E-state index contributed by atoms with van der Waals surface area (Å²) in [6.07, 6.45) is 44.0. The first-order valence-corrected chi connectivity index (χ1v) is 22.8. The summed E-state index contributed by atoms with van der Waals surface area (Å²) in [5, 5.41) is 0. The summed E-state index contributed by atoms with van der Waals surface area (Å²) in [5.74, 6) is -0.342. The van der Waals surface area contributed by atoms with Crippen molar-refractivity contribution in [3.05, 3.63) is 48.6 Å². The Morgan fingerprint density at radius 3 is 1.64 bits per heavy atom. The number of carbonyl (C=O) groups excluding carboxylic acids is 1. The van der Waals surface area contributed by atoms with Crippen LogP contribution < -0.4 is 4.89 Å². The van der Waals surface area contributed by atoms with Crippen LogP contribution in [-0.2, 0) is 27.9 Å². The van der Waals surface area contributed by atoms with Gasteiger partial charge in [-0.1, -0.05) is 159 Å². The van der Waals surface area contributed by atoms with Crippen molar-refractivity contribution >= 4 is 13.8 Å². The van der Waals surface area contributed by atoms with Crippen molar-refractivity contribution in [1.29, 1.82) is 0 Å². The Kier molecular flexibility index (Phi) is 36.3. The Hall–Kier alpha value is -1.54. The number of carbonyl (C=O) groups is 1. The normalized spacial score (nSPS) is 14.3. The highest BCUT2D eigenvalue weighted by Gasteiger charge is 2.20. The van der Waals surface area contributed by atoms with Crippen molar-refractivity contribution in [2.24, 2.45) is 0 Å². The van der Waals surface area contributed by atoms with Crippen molar-refractivity contribution < 1.29 is 37.3 Å². The van der Waals surface area contributed by atoms with Gasteiger partial charge in [0.25, 0.3) is 7.82 Å². The molecule has 310 valence electrons. The predicted octanol–water partition coefficient (Wildman–Crippen LogP) is 11.7. The number of rotatable bonds is 39. The number of hydrogen-bond acceptors (Lipinski definition) is 7. The van der Waals surface area contributed by atoms with E-state index >= 15 is 0 Å². The van der Waals surface area contributed by atoms with Gasteiger partial charge < -0.3 is 27.9 Å². The number of quaternary nitrogens is 1. The van der Waals surface area contributed by atoms with Crippen LogP contribution in [0.15, 0.2) is 48.6 Å². The Bertz CT molecular complexity index is 989. The van der Waals surface area contributed by atoms with Gasteiger partial charge in [0.1, 0.15) is 19.3 Å². The van der Waals surface area contributed by atoms with Gasteiger partial charge in [-0.05, 0) is 51.4 Å². The summed E-state index contributed by atoms with van der Waals surface area (Å²) in [6, 6.07) is 0. The van der Waals surface area contributed by atoms with Crippen LogP contribution in [0.3, 0.4) is 0 Å². The van der Waals surface area contributed by atoms with Gasteiger partial charge in [-0.2, -0.15) is 0 Å². The maximum absolute atomic E-state index is 12.6. The van der Waals surface area contributed by atoms with Crippen LogP contribution in [0.4, 0.5) is 0 Å². The lowest BCUT2D eigenvalue weighted by molar-refractivity contribution is -0.870. The topological polar surface area (TPSA) is 94.1 Å². The van der Waals surface area contributed by atoms with E-state index in [0.29, 0.717) is 24.1 Å². The first-order chi connectivity index (χ1) is 25.6. The van der Waals surface area contributed by atoms with E-state index in [2.05, 4.69) is 62.5 Å². The number of hydrogen-bond donors (Lipinski definition) is 0. The number of nitrogens with zero attached hydrogens (tertiary/aromatic N) is 1. The molecule has 0 aliphatic carbocycles. The Labute approximate surface area is 327 Å². The molecular weight excluding hydrogens is 685 g/mol. The van der Waals surface area contributed by atoms with Crippen LogP contribution in [-0.4, -0.2) is 70.7 Å². The van der Waals surface area contributed by atoms with Crippen LogP contribution in [0.1, 0.15) is 168 Å². The Morgan fingerprint density at radius 1 is 0.604 bits per heavy atom. The molecule has 0 fully saturated rings. The number of allylic oxidation sites excluding steroid dienone is 8. The van der Waals surface area contributed by atoms with E-state index in [1.165, 1.54) is 77.0 Å². The van der Waals surface area contributed by atoms with Crippen molar-refractivity contribution in [2.75, 3.05) is 54.1 Å². The second kappa shape index (κ2) is 37.4. The zero-order valence-electron chi connectivity index (χ0n) is 35.0. The monoisotopic (exact) mass is 768 g/mol. The highest BCUT2D eigenvalue weighted by molar-refractivity contribution is 7.45. The standard InChI is InChI=1S/C44H82NO7P/c1-6-8-10-12-14-16-18-20-21-22-23-24-26-28-30-32-34-36-39-49-41-43(42-51-53(47,48)50-40-38-45(3,4)5)52-44(46)37-35-33-31-29-27-25-19-17-15-13-11-9-7-2/h8,10,14,16,20-21,23-24,43H,6-7,9,11-13,15,17-19,22,25-42H2,1-5H3/b10-8-,16-14-,21-20-,24-23-. The van der Waals surface area contributed by atoms with E-state index in [9.17, 15) is 14.3 Å². The van der Waals surface area contributed by atoms with Gasteiger partial charge >= 0.3 is 5.97 Å². The van der Waals surface area contributed by atoms with E-state index in [0.717, 1.165) is 70.6 Å². The first kappa shape index (κ1) is 51.5. The minimum absolute atomic E-state index is 0.0215. The minimum Gasteiger partial charge on any atom is -0.756 e. The summed E-state index contributed by atoms with van der Waals surface area (Å²) in [6.45, 7) is 5.25. The number of ether oxygens (including phenoxy) is 2. The second-order valence-corrected chi connectivity index (χ2v) is 16.7. The van der Waals surface area contributed by atoms with Gasteiger partial charge in [0.15, 0.2) is 0 Å². The van der Waals surface area contributed by atoms with E-state index in [1.54, 1.807) is 0 Å². The molecule has 8 nitrogen and oxygen atoms in total. The van der Waals surface area contributed by atoms with E-state index < -0.39 is 13.9 Å². The van der Waals surface area contributed by atoms with Crippen molar-refractivity contribution in [3.8, 4) is 0 Å². The molecule has 0 aromatic carbocycles. The maximum Gasteiger partial charge on any atom is 0.306 e. The molecule has 0 saturated carbocycles. The van der Waals surface area contributed by atoms with Crippen LogP contribution in [0.25, 0.3) is 0 Å². The summed E-state index contributed by atoms with van der Waals surface area (Å²) >= 11 is 0. The molecule has 0 aromatic rings. The number of unbranched alkanes of at least 4 members (excludes halogenated alkanes) is 17. The SMILES string of the molecule is CC/C=C\C/C=C\C/C=C\C/C=C\CCCCCCCOCC(COP(=O)([O-])OCC[N+](C)(C)C)OC(=O)CCCCCCCCCCCCCCC. The third-order valence-electron chi connectivity index (χ3n) is 8.89. The largest absolute Gasteiger partial charge is 0.756 e. The molecule has 0 rings (SSSR count). The molecule has 0 spiro atoms. The second-order valence-electron chi connectivity index (χ2n) is 15.3. The third kappa shape index (κ3) is 41.5. The van der Waals surface area contributed by atoms with E-state index in [4.69, 9.17) is 18.5 Å². The smallest absolute Gasteiger partial charge is 0.306 e. The molecule has 0 aliphatic rings. The van der Waals surface area contributed by atoms with E-state index in [-0.39, 0.29) is 25.8 Å². The average molecular weight is 768 g/mol. The summed E-state index contributed by atoms with van der Waals surface area (Å²) in [5.41, 5.74) is 0. The number of phosphoric acid groups is 1. The molecule has 0 N–H and O–H groups in total. The highest BCUT2D eigenvalue weighted by atomic mass is 31.2. The third-order valence-corrected chi connectivity index (χ3v) is 9.86. The van der Waals surface area contributed by atoms with Gasteiger partial charge in [-0.3, -0.25) is 9.36 Å². The molecule has 53 heavy (non-hydrogen) atoms. The fourth-order valence-corrected chi connectivity index (χ4v) is 6.32. The van der Waals surface area contributed by atoms with Crippen LogP contribution in [0.2, 0.25) is 0 Å². The van der Waals surface area contributed by atoms with Crippen molar-refractivity contribution in [2.45, 2.75) is 174 Å². The van der Waals surface area contributed by atoms with Gasteiger partial charge in [-0.25, -0.2) is 0 Å². The lowest BCUT2D eigenvalue weighted by Crippen LogP contribution is -2.37. The molecular formula is C44H82NO7P. The molecule has 2 unspecified atom stereocenters. The zero-order chi connectivity index (χ0) is 39.1. The molecule has 0 amide bonds. The fourth-order valence-electron chi connectivity index (χ4n) is 5.60. The zero-order valence-corrected chi connectivity index (χ0v) is 35.8. The van der Waals surface area contributed by atoms with Crippen molar-refractivity contribution in [3.63, 3.8) is 0 Å². The molecule has 0 heterocycles. The first-order valence-electron chi connectivity index (χ1n) is 21.4. The van der Waals surface area contributed by atoms with Crippen molar-refractivity contribution in [1.82, 2.24) is 0 Å².